The molecule has 1 atom stereocenters. The molecule has 0 heterocycles. The second-order valence-electron chi connectivity index (χ2n) is 3.09. The first kappa shape index (κ1) is 16.0. The number of esters is 1. The van der Waals surface area contributed by atoms with E-state index in [9.17, 15) is 4.79 Å². The van der Waals surface area contributed by atoms with E-state index in [2.05, 4.69) is 34.4 Å². The summed E-state index contributed by atoms with van der Waals surface area (Å²) in [6.45, 7) is 0.564. The Morgan fingerprint density at radius 2 is 1.88 bits per heavy atom. The zero-order valence-corrected chi connectivity index (χ0v) is 10.8. The van der Waals surface area contributed by atoms with Crippen LogP contribution in [0.1, 0.15) is 19.3 Å². The Bertz CT molecular complexity index is 320. The highest BCUT2D eigenvalue weighted by Crippen LogP contribution is 2.03. The number of nitrogens with two attached hydrogens (primary N) is 2. The minimum Gasteiger partial charge on any atom is -0.416 e. The van der Waals surface area contributed by atoms with Gasteiger partial charge in [-0.2, -0.15) is 9.98 Å². The number of hydrogen-bond donors (Lipinski definition) is 2. The molecule has 8 heteroatoms. The van der Waals surface area contributed by atoms with Gasteiger partial charge in [-0.3, -0.25) is 4.79 Å². The molecule has 0 radical (unpaired) electrons. The van der Waals surface area contributed by atoms with Gasteiger partial charge >= 0.3 is 12.3 Å². The first-order chi connectivity index (χ1) is 8.15. The summed E-state index contributed by atoms with van der Waals surface area (Å²) < 4.78 is 4.84. The Kier molecular flexibility index (Phi) is 9.56. The number of rotatable bonds is 8. The molecule has 4 N–H and O–H groups in total. The summed E-state index contributed by atoms with van der Waals surface area (Å²) in [5, 5.41) is 4.09. The van der Waals surface area contributed by atoms with Crippen LogP contribution in [0.15, 0.2) is 9.98 Å². The van der Waals surface area contributed by atoms with Crippen LogP contribution >= 0.6 is 24.4 Å². The molecule has 6 nitrogen and oxygen atoms in total. The predicted octanol–water partition coefficient (Wildman–Crippen LogP) is 0.475. The first-order valence-corrected chi connectivity index (χ1v) is 5.77. The van der Waals surface area contributed by atoms with Crippen molar-refractivity contribution in [2.75, 3.05) is 6.54 Å². The molecule has 0 aromatic carbocycles. The molecule has 0 aromatic rings. The summed E-state index contributed by atoms with van der Waals surface area (Å²) in [5.74, 6) is -0.616. The van der Waals surface area contributed by atoms with Gasteiger partial charge in [0.05, 0.1) is 10.3 Å². The number of isothiocyanates is 2. The topological polar surface area (TPSA) is 103 Å². The fourth-order valence-corrected chi connectivity index (χ4v) is 1.17. The van der Waals surface area contributed by atoms with Crippen LogP contribution in [0.5, 0.6) is 0 Å². The first-order valence-electron chi connectivity index (χ1n) is 4.95. The Morgan fingerprint density at radius 1 is 1.29 bits per heavy atom. The lowest BCUT2D eigenvalue weighted by Crippen LogP contribution is -2.34. The highest BCUT2D eigenvalue weighted by atomic mass is 32.1. The van der Waals surface area contributed by atoms with E-state index in [4.69, 9.17) is 16.2 Å². The fourth-order valence-electron chi connectivity index (χ4n) is 0.989. The number of carbonyl (C=O) groups excluding carboxylic acids is 1. The van der Waals surface area contributed by atoms with Crippen molar-refractivity contribution < 1.29 is 9.53 Å². The van der Waals surface area contributed by atoms with Crippen molar-refractivity contribution in [1.82, 2.24) is 0 Å². The number of thiocarbonyl (C=S) groups is 2. The molecule has 0 rings (SSSR count). The third kappa shape index (κ3) is 7.82. The van der Waals surface area contributed by atoms with Crippen molar-refractivity contribution in [3.05, 3.63) is 0 Å². The lowest BCUT2D eigenvalue weighted by molar-refractivity contribution is -0.149. The van der Waals surface area contributed by atoms with Gasteiger partial charge in [0.15, 0.2) is 0 Å². The summed E-state index contributed by atoms with van der Waals surface area (Å²) in [5.41, 5.74) is 10.9. The van der Waals surface area contributed by atoms with Crippen molar-refractivity contribution in [1.29, 1.82) is 0 Å². The zero-order chi connectivity index (χ0) is 13.1. The lowest BCUT2D eigenvalue weighted by Gasteiger charge is -2.12. The molecule has 0 spiro atoms. The number of hydrogen-bond acceptors (Lipinski definition) is 8. The van der Waals surface area contributed by atoms with Gasteiger partial charge in [-0.15, -0.1) is 0 Å². The SMILES string of the molecule is NCCCCC(N)C(=O)OC(N=C=S)N=C=S. The van der Waals surface area contributed by atoms with Gasteiger partial charge in [-0.1, -0.05) is 6.42 Å². The van der Waals surface area contributed by atoms with E-state index in [0.717, 1.165) is 12.8 Å². The minimum absolute atomic E-state index is 0.491. The molecule has 0 aliphatic rings. The van der Waals surface area contributed by atoms with E-state index in [0.29, 0.717) is 13.0 Å². The third-order valence-corrected chi connectivity index (χ3v) is 2.03. The van der Waals surface area contributed by atoms with E-state index < -0.39 is 18.4 Å². The standard InChI is InChI=1S/C9H14N4O2S2/c10-4-2-1-3-7(11)8(14)15-9(12-5-16)13-6-17/h7,9H,1-4,10-11H2. The number of nitrogens with zero attached hydrogens (tertiary/aromatic N) is 2. The van der Waals surface area contributed by atoms with Crippen LogP contribution < -0.4 is 11.5 Å². The lowest BCUT2D eigenvalue weighted by atomic mass is 10.1. The molecule has 0 aliphatic carbocycles. The second kappa shape index (κ2) is 10.2. The molecule has 0 fully saturated rings. The van der Waals surface area contributed by atoms with Crippen molar-refractivity contribution in [3.8, 4) is 0 Å². The Balaban J connectivity index is 4.20. The summed E-state index contributed by atoms with van der Waals surface area (Å²) in [6.07, 6.45) is 0.911. The van der Waals surface area contributed by atoms with E-state index in [1.54, 1.807) is 0 Å². The maximum Gasteiger partial charge on any atom is 0.326 e. The van der Waals surface area contributed by atoms with Gasteiger partial charge in [-0.25, -0.2) is 0 Å². The Hall–Kier alpha value is -1.01. The molecule has 0 saturated carbocycles. The maximum absolute atomic E-state index is 11.5. The van der Waals surface area contributed by atoms with Crippen molar-refractivity contribution >= 4 is 40.7 Å². The Labute approximate surface area is 110 Å². The van der Waals surface area contributed by atoms with Crippen LogP contribution in [0.2, 0.25) is 0 Å². The van der Waals surface area contributed by atoms with Crippen LogP contribution in [-0.4, -0.2) is 35.2 Å². The van der Waals surface area contributed by atoms with E-state index in [-0.39, 0.29) is 0 Å². The van der Waals surface area contributed by atoms with Gasteiger partial charge < -0.3 is 16.2 Å². The van der Waals surface area contributed by atoms with E-state index >= 15 is 0 Å². The molecule has 17 heavy (non-hydrogen) atoms. The van der Waals surface area contributed by atoms with Gasteiger partial charge in [0.1, 0.15) is 6.04 Å². The smallest absolute Gasteiger partial charge is 0.326 e. The van der Waals surface area contributed by atoms with Gasteiger partial charge in [0.2, 0.25) is 0 Å². The molecule has 94 valence electrons. The quantitative estimate of drug-likeness (QED) is 0.289. The molecule has 0 aliphatic heterocycles. The maximum atomic E-state index is 11.5. The van der Waals surface area contributed by atoms with Crippen LogP contribution in [0, 0.1) is 0 Å². The van der Waals surface area contributed by atoms with E-state index in [1.165, 1.54) is 0 Å². The summed E-state index contributed by atoms with van der Waals surface area (Å²) in [6, 6.07) is -0.732. The molecule has 1 unspecified atom stereocenters. The van der Waals surface area contributed by atoms with Crippen LogP contribution in [0.3, 0.4) is 0 Å². The van der Waals surface area contributed by atoms with Crippen LogP contribution in [0.25, 0.3) is 0 Å². The highest BCUT2D eigenvalue weighted by Gasteiger charge is 2.18. The van der Waals surface area contributed by atoms with E-state index in [1.807, 2.05) is 10.3 Å². The zero-order valence-electron chi connectivity index (χ0n) is 9.17. The summed E-state index contributed by atoms with van der Waals surface area (Å²) >= 11 is 8.74. The van der Waals surface area contributed by atoms with Gasteiger partial charge in [-0.05, 0) is 43.8 Å². The van der Waals surface area contributed by atoms with Crippen molar-refractivity contribution in [3.63, 3.8) is 0 Å². The number of carbonyl (C=O) groups is 1. The van der Waals surface area contributed by atoms with Crippen LogP contribution in [0.4, 0.5) is 0 Å². The monoisotopic (exact) mass is 274 g/mol. The fraction of sp³-hybridized carbons (Fsp3) is 0.667. The summed E-state index contributed by atoms with van der Waals surface area (Å²) in [4.78, 5) is 18.4. The van der Waals surface area contributed by atoms with Crippen molar-refractivity contribution in [2.45, 2.75) is 31.7 Å². The molecule has 0 bridgehead atoms. The number of aliphatic imine (C=N–C) groups is 2. The second-order valence-corrected chi connectivity index (χ2v) is 3.46. The summed E-state index contributed by atoms with van der Waals surface area (Å²) in [7, 11) is 0. The van der Waals surface area contributed by atoms with Gasteiger partial charge in [0.25, 0.3) is 0 Å². The van der Waals surface area contributed by atoms with Crippen molar-refractivity contribution in [2.24, 2.45) is 21.5 Å². The predicted molar refractivity (Wildman–Crippen MR) is 70.8 cm³/mol. The third-order valence-electron chi connectivity index (χ3n) is 1.82. The molecule has 0 saturated heterocycles. The average Bonchev–Trinajstić information content (AvgIpc) is 2.29. The largest absolute Gasteiger partial charge is 0.416 e. The molecule has 0 aromatic heterocycles. The minimum atomic E-state index is -1.14. The molecular weight excluding hydrogens is 260 g/mol. The average molecular weight is 274 g/mol. The highest BCUT2D eigenvalue weighted by molar-refractivity contribution is 7.78. The van der Waals surface area contributed by atoms with Gasteiger partial charge in [0, 0.05) is 0 Å². The number of unbranched alkanes of at least 4 members (excludes halogenated alkanes) is 1. The normalized spacial score (nSPS) is 12.8. The number of ether oxygens (including phenoxy) is 1. The van der Waals surface area contributed by atoms with Crippen LogP contribution in [-0.2, 0) is 9.53 Å². The molecular formula is C9H14N4O2S2. The Morgan fingerprint density at radius 3 is 2.35 bits per heavy atom. The molecule has 0 amide bonds.